The molecule has 2 heterocycles. The molecule has 8 heteroatoms. The Labute approximate surface area is 146 Å². The summed E-state index contributed by atoms with van der Waals surface area (Å²) in [4.78, 5) is 18.3. The number of rotatable bonds is 3. The van der Waals surface area contributed by atoms with Crippen molar-refractivity contribution in [2.24, 2.45) is 0 Å². The maximum atomic E-state index is 12.2. The summed E-state index contributed by atoms with van der Waals surface area (Å²) in [6, 6.07) is 5.83. The van der Waals surface area contributed by atoms with E-state index in [0.29, 0.717) is 20.7 Å². The highest BCUT2D eigenvalue weighted by molar-refractivity contribution is 7.16. The molecule has 1 N–H and O–H groups in total. The van der Waals surface area contributed by atoms with Crippen LogP contribution >= 0.6 is 34.5 Å². The predicted octanol–water partition coefficient (Wildman–Crippen LogP) is 4.49. The van der Waals surface area contributed by atoms with Gasteiger partial charge in [-0.05, 0) is 43.9 Å². The third-order valence-corrected chi connectivity index (χ3v) is 5.44. The molecule has 0 bridgehead atoms. The van der Waals surface area contributed by atoms with Crippen LogP contribution in [0.25, 0.3) is 11.3 Å². The Morgan fingerprint density at radius 2 is 2.04 bits per heavy atom. The molecule has 0 radical (unpaired) electrons. The molecule has 0 unspecified atom stereocenters. The van der Waals surface area contributed by atoms with Gasteiger partial charge in [0.25, 0.3) is 5.91 Å². The van der Waals surface area contributed by atoms with E-state index in [1.807, 2.05) is 32.0 Å². The fraction of sp³-hybridized carbons (Fsp3) is 0.200. The molecule has 5 nitrogen and oxygen atoms in total. The van der Waals surface area contributed by atoms with Crippen LogP contribution in [0.4, 0.5) is 5.13 Å². The van der Waals surface area contributed by atoms with Crippen LogP contribution in [0, 0.1) is 20.8 Å². The summed E-state index contributed by atoms with van der Waals surface area (Å²) < 4.78 is 3.77. The Morgan fingerprint density at radius 1 is 1.26 bits per heavy atom. The van der Waals surface area contributed by atoms with Gasteiger partial charge in [0.05, 0.1) is 11.4 Å². The third kappa shape index (κ3) is 3.26. The van der Waals surface area contributed by atoms with Crippen molar-refractivity contribution in [1.29, 1.82) is 0 Å². The van der Waals surface area contributed by atoms with E-state index in [9.17, 15) is 4.79 Å². The lowest BCUT2D eigenvalue weighted by Crippen LogP contribution is -2.11. The quantitative estimate of drug-likeness (QED) is 0.743. The zero-order valence-corrected chi connectivity index (χ0v) is 15.1. The first-order chi connectivity index (χ1) is 11.0. The second kappa shape index (κ2) is 6.35. The van der Waals surface area contributed by atoms with Crippen molar-refractivity contribution < 1.29 is 4.79 Å². The number of carbonyl (C=O) groups is 1. The third-order valence-electron chi connectivity index (χ3n) is 3.32. The van der Waals surface area contributed by atoms with Crippen LogP contribution in [-0.4, -0.2) is 20.5 Å². The number of aryl methyl sites for hydroxylation is 3. The summed E-state index contributed by atoms with van der Waals surface area (Å²) in [6.07, 6.45) is 0. The van der Waals surface area contributed by atoms with Crippen LogP contribution in [0.3, 0.4) is 0 Å². The Hall–Kier alpha value is -1.83. The van der Waals surface area contributed by atoms with Crippen LogP contribution in [0.5, 0.6) is 0 Å². The first-order valence-electron chi connectivity index (χ1n) is 6.80. The van der Waals surface area contributed by atoms with E-state index in [1.165, 1.54) is 11.3 Å². The van der Waals surface area contributed by atoms with Gasteiger partial charge in [0.15, 0.2) is 5.13 Å². The van der Waals surface area contributed by atoms with Crippen LogP contribution in [0.2, 0.25) is 5.02 Å². The molecular weight excluding hydrogens is 352 g/mol. The second-order valence-corrected chi connectivity index (χ2v) is 7.39. The molecule has 0 aliphatic carbocycles. The smallest absolute Gasteiger partial charge is 0.271 e. The van der Waals surface area contributed by atoms with Crippen LogP contribution < -0.4 is 5.32 Å². The maximum Gasteiger partial charge on any atom is 0.271 e. The average Bonchev–Trinajstić information content (AvgIpc) is 3.08. The van der Waals surface area contributed by atoms with E-state index < -0.39 is 0 Å². The molecular formula is C15H13ClN4OS2. The van der Waals surface area contributed by atoms with Crippen molar-refractivity contribution >= 4 is 45.5 Å². The number of benzene rings is 1. The summed E-state index contributed by atoms with van der Waals surface area (Å²) in [5.41, 5.74) is 3.40. The monoisotopic (exact) mass is 364 g/mol. The van der Waals surface area contributed by atoms with E-state index in [-0.39, 0.29) is 5.91 Å². The Bertz CT molecular complexity index is 887. The number of aromatic nitrogens is 3. The molecule has 118 valence electrons. The van der Waals surface area contributed by atoms with Crippen molar-refractivity contribution in [3.8, 4) is 11.3 Å². The minimum atomic E-state index is -0.236. The molecule has 0 atom stereocenters. The Balaban J connectivity index is 1.87. The Kier molecular flexibility index (Phi) is 4.43. The van der Waals surface area contributed by atoms with Crippen molar-refractivity contribution in [2.45, 2.75) is 20.8 Å². The molecule has 1 amide bonds. The molecule has 0 fully saturated rings. The number of nitrogens with one attached hydrogen (secondary N) is 1. The molecule has 23 heavy (non-hydrogen) atoms. The van der Waals surface area contributed by atoms with Crippen molar-refractivity contribution in [2.75, 3.05) is 5.32 Å². The van der Waals surface area contributed by atoms with E-state index in [2.05, 4.69) is 19.9 Å². The molecule has 0 aliphatic rings. The number of halogens is 1. The predicted molar refractivity (Wildman–Crippen MR) is 94.6 cm³/mol. The van der Waals surface area contributed by atoms with Crippen molar-refractivity contribution in [1.82, 2.24) is 14.6 Å². The molecule has 1 aromatic carbocycles. The van der Waals surface area contributed by atoms with Gasteiger partial charge in [0, 0.05) is 15.5 Å². The van der Waals surface area contributed by atoms with Gasteiger partial charge in [0.1, 0.15) is 4.88 Å². The first kappa shape index (κ1) is 16.0. The topological polar surface area (TPSA) is 67.8 Å². The molecule has 3 rings (SSSR count). The normalized spacial score (nSPS) is 10.8. The number of hydrogen-bond donors (Lipinski definition) is 1. The summed E-state index contributed by atoms with van der Waals surface area (Å²) >= 11 is 8.69. The molecule has 0 saturated carbocycles. The standard InChI is InChI=1S/C15H13ClN4OS2/c1-7-4-5-10(6-11(7)16)12-9(3)22-15(17-12)18-14(21)13-8(2)19-20-23-13/h4-6H,1-3H3,(H,17,18,21). The zero-order chi connectivity index (χ0) is 16.6. The van der Waals surface area contributed by atoms with Crippen LogP contribution in [0.1, 0.15) is 25.8 Å². The van der Waals surface area contributed by atoms with Gasteiger partial charge in [-0.1, -0.05) is 28.2 Å². The lowest BCUT2D eigenvalue weighted by Gasteiger charge is -2.02. The molecule has 0 spiro atoms. The summed E-state index contributed by atoms with van der Waals surface area (Å²) in [7, 11) is 0. The number of hydrogen-bond acceptors (Lipinski definition) is 6. The molecule has 0 aliphatic heterocycles. The van der Waals surface area contributed by atoms with E-state index in [4.69, 9.17) is 11.6 Å². The van der Waals surface area contributed by atoms with E-state index >= 15 is 0 Å². The highest BCUT2D eigenvalue weighted by Gasteiger charge is 2.17. The zero-order valence-electron chi connectivity index (χ0n) is 12.7. The minimum absolute atomic E-state index is 0.236. The molecule has 3 aromatic rings. The lowest BCUT2D eigenvalue weighted by atomic mass is 10.1. The lowest BCUT2D eigenvalue weighted by molar-refractivity contribution is 0.103. The van der Waals surface area contributed by atoms with Crippen LogP contribution in [-0.2, 0) is 0 Å². The van der Waals surface area contributed by atoms with Gasteiger partial charge >= 0.3 is 0 Å². The van der Waals surface area contributed by atoms with Crippen LogP contribution in [0.15, 0.2) is 18.2 Å². The largest absolute Gasteiger partial charge is 0.297 e. The first-order valence-corrected chi connectivity index (χ1v) is 8.76. The summed E-state index contributed by atoms with van der Waals surface area (Å²) in [5.74, 6) is -0.236. The summed E-state index contributed by atoms with van der Waals surface area (Å²) in [5, 5.41) is 7.90. The summed E-state index contributed by atoms with van der Waals surface area (Å²) in [6.45, 7) is 5.68. The average molecular weight is 365 g/mol. The maximum absolute atomic E-state index is 12.2. The SMILES string of the molecule is Cc1ccc(-c2nc(NC(=O)c3snnc3C)sc2C)cc1Cl. The minimum Gasteiger partial charge on any atom is -0.297 e. The number of carbonyl (C=O) groups excluding carboxylic acids is 1. The van der Waals surface area contributed by atoms with E-state index in [0.717, 1.165) is 33.2 Å². The Morgan fingerprint density at radius 3 is 2.70 bits per heavy atom. The van der Waals surface area contributed by atoms with Gasteiger partial charge in [-0.25, -0.2) is 4.98 Å². The fourth-order valence-electron chi connectivity index (χ4n) is 2.05. The van der Waals surface area contributed by atoms with Gasteiger partial charge in [-0.15, -0.1) is 16.4 Å². The van der Waals surface area contributed by atoms with Crippen molar-refractivity contribution in [3.63, 3.8) is 0 Å². The van der Waals surface area contributed by atoms with Gasteiger partial charge in [-0.2, -0.15) is 0 Å². The number of nitrogens with zero attached hydrogens (tertiary/aromatic N) is 3. The number of thiazole rings is 1. The highest BCUT2D eigenvalue weighted by Crippen LogP contribution is 2.32. The second-order valence-electron chi connectivity index (χ2n) is 5.03. The van der Waals surface area contributed by atoms with Gasteiger partial charge in [0.2, 0.25) is 0 Å². The van der Waals surface area contributed by atoms with Gasteiger partial charge in [-0.3, -0.25) is 10.1 Å². The highest BCUT2D eigenvalue weighted by atomic mass is 35.5. The molecule has 2 aromatic heterocycles. The van der Waals surface area contributed by atoms with E-state index in [1.54, 1.807) is 6.92 Å². The number of anilines is 1. The van der Waals surface area contributed by atoms with Gasteiger partial charge < -0.3 is 0 Å². The fourth-order valence-corrected chi connectivity index (χ4v) is 3.61. The molecule has 0 saturated heterocycles. The van der Waals surface area contributed by atoms with Crippen molar-refractivity contribution in [3.05, 3.63) is 44.2 Å². The number of amides is 1.